The van der Waals surface area contributed by atoms with Gasteiger partial charge in [0.05, 0.1) is 24.3 Å². The first kappa shape index (κ1) is 28.4. The van der Waals surface area contributed by atoms with Crippen molar-refractivity contribution in [2.75, 3.05) is 20.6 Å². The van der Waals surface area contributed by atoms with Gasteiger partial charge < -0.3 is 55.3 Å². The van der Waals surface area contributed by atoms with E-state index in [-0.39, 0.29) is 25.3 Å². The summed E-state index contributed by atoms with van der Waals surface area (Å²) in [6, 6.07) is 3.72. The van der Waals surface area contributed by atoms with Gasteiger partial charge in [0.25, 0.3) is 0 Å². The number of halogens is 3. The molecule has 0 unspecified atom stereocenters. The van der Waals surface area contributed by atoms with Crippen LogP contribution in [0.5, 0.6) is 5.75 Å². The Morgan fingerprint density at radius 2 is 1.65 bits per heavy atom. The summed E-state index contributed by atoms with van der Waals surface area (Å²) in [4.78, 5) is 0. The lowest BCUT2D eigenvalue weighted by Gasteiger charge is -2.60. The molecule has 0 bridgehead atoms. The van der Waals surface area contributed by atoms with Gasteiger partial charge in [0, 0.05) is 19.5 Å². The highest BCUT2D eigenvalue weighted by Gasteiger charge is 2.68. The molecule has 1 aromatic carbocycles. The molecule has 4 rings (SSSR count). The molecule has 37 heavy (non-hydrogen) atoms. The Bertz CT molecular complexity index is 927. The molecule has 10 atom stereocenters. The summed E-state index contributed by atoms with van der Waals surface area (Å²) in [5.74, 6) is -2.72. The van der Waals surface area contributed by atoms with Gasteiger partial charge in [0.15, 0.2) is 0 Å². The molecule has 7 N–H and O–H groups in total. The van der Waals surface area contributed by atoms with E-state index in [9.17, 15) is 33.6 Å². The van der Waals surface area contributed by atoms with Crippen LogP contribution < -0.4 is 20.7 Å². The standard InChI is InChI=1S/C23H34F3N3O8/c1-11-8-21(32,10-29-9-12-4-6-13(7-5-12)36-23(24,25)26)22(33)20(34-11)35-19-17(31)14(27-2)16(30)15(28-3)18(19)37-22/h4-7,11,14-20,27-33H,8-10H2,1-3H3/t11-,14-,15+,16+,17+,18-,19-,20+,21+,22-/m1/s1. The van der Waals surface area contributed by atoms with E-state index >= 15 is 0 Å². The molecule has 1 saturated carbocycles. The predicted octanol–water partition coefficient (Wildman–Crippen LogP) is -1.08. The molecule has 2 saturated heterocycles. The van der Waals surface area contributed by atoms with Crippen LogP contribution in [0.15, 0.2) is 24.3 Å². The number of rotatable bonds is 7. The summed E-state index contributed by atoms with van der Waals surface area (Å²) < 4.78 is 58.8. The highest BCUT2D eigenvalue weighted by Crippen LogP contribution is 2.46. The molecular weight excluding hydrogens is 503 g/mol. The van der Waals surface area contributed by atoms with E-state index in [4.69, 9.17) is 14.2 Å². The summed E-state index contributed by atoms with van der Waals surface area (Å²) in [6.45, 7) is 1.65. The number of hydrogen-bond acceptors (Lipinski definition) is 11. The highest BCUT2D eigenvalue weighted by atomic mass is 19.4. The molecule has 0 radical (unpaired) electrons. The first-order chi connectivity index (χ1) is 17.3. The maximum Gasteiger partial charge on any atom is 0.573 e. The molecule has 0 spiro atoms. The summed E-state index contributed by atoms with van der Waals surface area (Å²) in [7, 11) is 3.18. The summed E-state index contributed by atoms with van der Waals surface area (Å²) in [6.07, 6.45) is -11.1. The van der Waals surface area contributed by atoms with E-state index in [0.717, 1.165) is 0 Å². The lowest BCUT2D eigenvalue weighted by atomic mass is 9.77. The fraction of sp³-hybridized carbons (Fsp3) is 0.739. The SMILES string of the molecule is CN[C@@H]1[C@H](O)[C@H](NC)[C@H]2O[C@]3(O)[C@H](O[C@@H]2[C@H]1O)O[C@H](C)C[C@]3(O)CNCc1ccc(OC(F)(F)F)cc1. The average molecular weight is 538 g/mol. The third-order valence-electron chi connectivity index (χ3n) is 7.25. The first-order valence-electron chi connectivity index (χ1n) is 12.0. The second-order valence-electron chi connectivity index (χ2n) is 9.80. The molecule has 1 aromatic rings. The quantitative estimate of drug-likeness (QED) is 0.227. The fourth-order valence-corrected chi connectivity index (χ4v) is 5.45. The van der Waals surface area contributed by atoms with Crippen molar-refractivity contribution < 1.29 is 52.5 Å². The molecular formula is C23H34F3N3O8. The zero-order valence-electron chi connectivity index (χ0n) is 20.6. The first-order valence-corrected chi connectivity index (χ1v) is 12.0. The average Bonchev–Trinajstić information content (AvgIpc) is 2.80. The Morgan fingerprint density at radius 1 is 1.00 bits per heavy atom. The van der Waals surface area contributed by atoms with Crippen LogP contribution in [-0.4, -0.2) is 108 Å². The number of benzene rings is 1. The van der Waals surface area contributed by atoms with E-state index in [1.165, 1.54) is 24.3 Å². The van der Waals surface area contributed by atoms with E-state index in [2.05, 4.69) is 20.7 Å². The van der Waals surface area contributed by atoms with Crippen molar-refractivity contribution in [1.82, 2.24) is 16.0 Å². The van der Waals surface area contributed by atoms with Crippen LogP contribution in [0.3, 0.4) is 0 Å². The lowest BCUT2D eigenvalue weighted by molar-refractivity contribution is -0.482. The number of likely N-dealkylation sites (N-methyl/N-ethyl adjacent to an activating group) is 2. The third kappa shape index (κ3) is 5.45. The monoisotopic (exact) mass is 537 g/mol. The molecule has 1 aliphatic carbocycles. The number of hydrogen-bond donors (Lipinski definition) is 7. The maximum absolute atomic E-state index is 12.4. The second kappa shape index (κ2) is 10.5. The van der Waals surface area contributed by atoms with Crippen LogP contribution in [0.4, 0.5) is 13.2 Å². The van der Waals surface area contributed by atoms with Crippen LogP contribution in [0.2, 0.25) is 0 Å². The molecule has 11 nitrogen and oxygen atoms in total. The van der Waals surface area contributed by atoms with Crippen LogP contribution in [0, 0.1) is 0 Å². The van der Waals surface area contributed by atoms with Crippen molar-refractivity contribution in [3.05, 3.63) is 29.8 Å². The van der Waals surface area contributed by atoms with E-state index in [0.29, 0.717) is 5.56 Å². The smallest absolute Gasteiger partial charge is 0.406 e. The Labute approximate surface area is 211 Å². The predicted molar refractivity (Wildman–Crippen MR) is 121 cm³/mol. The number of nitrogens with one attached hydrogen (secondary N) is 3. The number of fused-ring (bicyclic) bond motifs is 2. The highest BCUT2D eigenvalue weighted by molar-refractivity contribution is 5.27. The zero-order chi connectivity index (χ0) is 27.2. The number of aliphatic hydroxyl groups excluding tert-OH is 2. The van der Waals surface area contributed by atoms with Gasteiger partial charge >= 0.3 is 6.36 Å². The molecule has 3 fully saturated rings. The molecule has 14 heteroatoms. The van der Waals surface area contributed by atoms with Gasteiger partial charge in [0.2, 0.25) is 12.1 Å². The van der Waals surface area contributed by atoms with Crippen molar-refractivity contribution >= 4 is 0 Å². The second-order valence-corrected chi connectivity index (χ2v) is 9.80. The van der Waals surface area contributed by atoms with Gasteiger partial charge in [-0.1, -0.05) is 12.1 Å². The fourth-order valence-electron chi connectivity index (χ4n) is 5.45. The Morgan fingerprint density at radius 3 is 2.24 bits per heavy atom. The largest absolute Gasteiger partial charge is 0.573 e. The maximum atomic E-state index is 12.4. The van der Waals surface area contributed by atoms with Crippen LogP contribution in [0.1, 0.15) is 18.9 Å². The number of alkyl halides is 3. The van der Waals surface area contributed by atoms with Crippen molar-refractivity contribution in [2.45, 2.75) is 86.5 Å². The van der Waals surface area contributed by atoms with Gasteiger partial charge in [-0.3, -0.25) is 0 Å². The van der Waals surface area contributed by atoms with Gasteiger partial charge in [0.1, 0.15) is 29.7 Å². The van der Waals surface area contributed by atoms with Crippen molar-refractivity contribution in [3.63, 3.8) is 0 Å². The van der Waals surface area contributed by atoms with Gasteiger partial charge in [-0.25, -0.2) is 0 Å². The van der Waals surface area contributed by atoms with Crippen molar-refractivity contribution in [1.29, 1.82) is 0 Å². The van der Waals surface area contributed by atoms with Crippen molar-refractivity contribution in [2.24, 2.45) is 0 Å². The lowest BCUT2D eigenvalue weighted by Crippen LogP contribution is -2.81. The minimum absolute atomic E-state index is 0.0411. The summed E-state index contributed by atoms with van der Waals surface area (Å²) in [5.41, 5.74) is -1.32. The number of ether oxygens (including phenoxy) is 4. The Kier molecular flexibility index (Phi) is 8.08. The van der Waals surface area contributed by atoms with Crippen LogP contribution >= 0.6 is 0 Å². The van der Waals surface area contributed by atoms with Crippen LogP contribution in [-0.2, 0) is 20.8 Å². The molecule has 0 aromatic heterocycles. The van der Waals surface area contributed by atoms with Crippen LogP contribution in [0.25, 0.3) is 0 Å². The molecule has 210 valence electrons. The third-order valence-corrected chi connectivity index (χ3v) is 7.25. The molecule has 2 aliphatic heterocycles. The molecule has 2 heterocycles. The normalized spacial score (nSPS) is 42.1. The van der Waals surface area contributed by atoms with E-state index < -0.39 is 66.6 Å². The van der Waals surface area contributed by atoms with E-state index in [1.807, 2.05) is 0 Å². The minimum atomic E-state index is -4.79. The van der Waals surface area contributed by atoms with Gasteiger partial charge in [-0.2, -0.15) is 0 Å². The minimum Gasteiger partial charge on any atom is -0.406 e. The zero-order valence-corrected chi connectivity index (χ0v) is 20.6. The summed E-state index contributed by atoms with van der Waals surface area (Å²) >= 11 is 0. The Balaban J connectivity index is 1.49. The van der Waals surface area contributed by atoms with Gasteiger partial charge in [-0.05, 0) is 38.7 Å². The molecule has 3 aliphatic rings. The Hall–Kier alpha value is -1.59. The van der Waals surface area contributed by atoms with Gasteiger partial charge in [-0.15, -0.1) is 13.2 Å². The molecule has 0 amide bonds. The van der Waals surface area contributed by atoms with Crippen molar-refractivity contribution in [3.8, 4) is 5.75 Å². The summed E-state index contributed by atoms with van der Waals surface area (Å²) in [5, 5.41) is 53.6. The van der Waals surface area contributed by atoms with E-state index in [1.54, 1.807) is 21.0 Å². The number of aliphatic hydroxyl groups is 4. The topological polar surface area (TPSA) is 154 Å².